The van der Waals surface area contributed by atoms with Crippen LogP contribution in [0.2, 0.25) is 0 Å². The van der Waals surface area contributed by atoms with Gasteiger partial charge < -0.3 is 10.1 Å². The summed E-state index contributed by atoms with van der Waals surface area (Å²) in [4.78, 5) is 20.0. The Balaban J connectivity index is 1.84. The molecule has 118 valence electrons. The quantitative estimate of drug-likeness (QED) is 0.522. The molecule has 0 radical (unpaired) electrons. The van der Waals surface area contributed by atoms with Crippen LogP contribution >= 0.6 is 15.9 Å². The number of nitrogens with one attached hydrogen (secondary N) is 1. The second kappa shape index (κ2) is 5.61. The first-order valence-corrected chi connectivity index (χ1v) is 7.94. The molecule has 0 aliphatic carbocycles. The zero-order valence-electron chi connectivity index (χ0n) is 12.3. The van der Waals surface area contributed by atoms with E-state index in [1.807, 2.05) is 24.3 Å². The van der Waals surface area contributed by atoms with Crippen molar-refractivity contribution in [3.63, 3.8) is 0 Å². The van der Waals surface area contributed by atoms with Gasteiger partial charge in [0.05, 0.1) is 6.21 Å². The van der Waals surface area contributed by atoms with Gasteiger partial charge in [0.25, 0.3) is 5.56 Å². The van der Waals surface area contributed by atoms with Gasteiger partial charge in [0.1, 0.15) is 23.1 Å². The van der Waals surface area contributed by atoms with E-state index < -0.39 is 0 Å². The van der Waals surface area contributed by atoms with Crippen LogP contribution in [-0.4, -0.2) is 26.0 Å². The fourth-order valence-corrected chi connectivity index (χ4v) is 2.91. The van der Waals surface area contributed by atoms with Crippen LogP contribution in [0.3, 0.4) is 0 Å². The monoisotopic (exact) mass is 382 g/mol. The first-order valence-electron chi connectivity index (χ1n) is 7.14. The average molecular weight is 383 g/mol. The van der Waals surface area contributed by atoms with Crippen molar-refractivity contribution in [2.24, 2.45) is 5.10 Å². The number of halogens is 1. The largest absolute Gasteiger partial charge is 0.507 e. The molecule has 0 amide bonds. The van der Waals surface area contributed by atoms with Gasteiger partial charge in [-0.25, -0.2) is 4.98 Å². The second-order valence-corrected chi connectivity index (χ2v) is 6.15. The number of nitrogens with zero attached hydrogens (tertiary/aromatic N) is 3. The van der Waals surface area contributed by atoms with Crippen LogP contribution in [0.25, 0.3) is 21.9 Å². The molecule has 0 aliphatic rings. The number of aromatic amines is 1. The van der Waals surface area contributed by atoms with E-state index in [1.165, 1.54) is 12.5 Å². The van der Waals surface area contributed by atoms with E-state index in [-0.39, 0.29) is 11.3 Å². The summed E-state index contributed by atoms with van der Waals surface area (Å²) in [6.45, 7) is 0. The van der Waals surface area contributed by atoms with E-state index in [0.29, 0.717) is 16.6 Å². The van der Waals surface area contributed by atoms with Gasteiger partial charge >= 0.3 is 0 Å². The third-order valence-electron chi connectivity index (χ3n) is 3.71. The molecule has 0 unspecified atom stereocenters. The normalized spacial score (nSPS) is 11.7. The number of rotatable bonds is 2. The molecule has 0 aliphatic heterocycles. The van der Waals surface area contributed by atoms with Crippen molar-refractivity contribution in [3.8, 4) is 5.75 Å². The number of H-pyrrole nitrogens is 1. The van der Waals surface area contributed by atoms with E-state index in [0.717, 1.165) is 20.1 Å². The zero-order chi connectivity index (χ0) is 16.7. The molecule has 24 heavy (non-hydrogen) atoms. The SMILES string of the molecule is O=c1c2[nH]c3ccccc3c2ncn1N=Cc1cc(Br)ccc1O. The maximum absolute atomic E-state index is 12.6. The summed E-state index contributed by atoms with van der Waals surface area (Å²) in [6, 6.07) is 12.6. The Kier molecular flexibility index (Phi) is 3.42. The van der Waals surface area contributed by atoms with Crippen LogP contribution in [0, 0.1) is 0 Å². The van der Waals surface area contributed by atoms with Crippen molar-refractivity contribution >= 4 is 44.1 Å². The molecular formula is C17H11BrN4O2. The molecule has 2 N–H and O–H groups in total. The van der Waals surface area contributed by atoms with Crippen molar-refractivity contribution < 1.29 is 5.11 Å². The standard InChI is InChI=1S/C17H11BrN4O2/c18-11-5-6-14(23)10(7-11)8-20-22-9-19-15-12-3-1-2-4-13(12)21-16(15)17(22)24/h1-9,21,23H. The Morgan fingerprint density at radius 2 is 2.08 bits per heavy atom. The number of phenolic OH excluding ortho intramolecular Hbond substituents is 1. The van der Waals surface area contributed by atoms with E-state index in [1.54, 1.807) is 18.2 Å². The van der Waals surface area contributed by atoms with Crippen LogP contribution in [0.5, 0.6) is 5.75 Å². The number of para-hydroxylation sites is 1. The first kappa shape index (κ1) is 14.6. The molecular weight excluding hydrogens is 372 g/mol. The van der Waals surface area contributed by atoms with Crippen molar-refractivity contribution in [2.45, 2.75) is 0 Å². The highest BCUT2D eigenvalue weighted by Gasteiger charge is 2.10. The van der Waals surface area contributed by atoms with Crippen LogP contribution in [0.1, 0.15) is 5.56 Å². The Labute approximate surface area is 144 Å². The summed E-state index contributed by atoms with van der Waals surface area (Å²) in [5.74, 6) is 0.0784. The van der Waals surface area contributed by atoms with E-state index in [4.69, 9.17) is 0 Å². The highest BCUT2D eigenvalue weighted by atomic mass is 79.9. The highest BCUT2D eigenvalue weighted by Crippen LogP contribution is 2.21. The maximum Gasteiger partial charge on any atom is 0.298 e. The fourth-order valence-electron chi connectivity index (χ4n) is 2.53. The smallest absolute Gasteiger partial charge is 0.298 e. The van der Waals surface area contributed by atoms with Crippen LogP contribution < -0.4 is 5.56 Å². The molecule has 2 aromatic heterocycles. The van der Waals surface area contributed by atoms with E-state index in [2.05, 4.69) is 31.0 Å². The molecule has 2 aromatic carbocycles. The van der Waals surface area contributed by atoms with Crippen LogP contribution in [-0.2, 0) is 0 Å². The minimum atomic E-state index is -0.304. The van der Waals surface area contributed by atoms with Gasteiger partial charge in [-0.3, -0.25) is 4.79 Å². The number of fused-ring (bicyclic) bond motifs is 3. The minimum absolute atomic E-state index is 0.0784. The summed E-state index contributed by atoms with van der Waals surface area (Å²) in [5, 5.41) is 14.8. The number of hydrogen-bond donors (Lipinski definition) is 2. The molecule has 0 saturated heterocycles. The van der Waals surface area contributed by atoms with Gasteiger partial charge in [0.15, 0.2) is 0 Å². The predicted octanol–water partition coefficient (Wildman–Crippen LogP) is 3.23. The van der Waals surface area contributed by atoms with Crippen molar-refractivity contribution in [2.75, 3.05) is 0 Å². The van der Waals surface area contributed by atoms with Gasteiger partial charge in [0, 0.05) is 20.9 Å². The summed E-state index contributed by atoms with van der Waals surface area (Å²) in [7, 11) is 0. The lowest BCUT2D eigenvalue weighted by molar-refractivity contribution is 0.474. The summed E-state index contributed by atoms with van der Waals surface area (Å²) in [5.41, 5.74) is 2.06. The van der Waals surface area contributed by atoms with E-state index >= 15 is 0 Å². The third kappa shape index (κ3) is 2.39. The molecule has 4 rings (SSSR count). The van der Waals surface area contributed by atoms with Gasteiger partial charge in [0.2, 0.25) is 0 Å². The summed E-state index contributed by atoms with van der Waals surface area (Å²) < 4.78 is 1.94. The van der Waals surface area contributed by atoms with Crippen molar-refractivity contribution in [1.82, 2.24) is 14.6 Å². The molecule has 2 heterocycles. The minimum Gasteiger partial charge on any atom is -0.507 e. The third-order valence-corrected chi connectivity index (χ3v) is 4.20. The van der Waals surface area contributed by atoms with E-state index in [9.17, 15) is 9.90 Å². The first-order chi connectivity index (χ1) is 11.6. The Morgan fingerprint density at radius 3 is 2.96 bits per heavy atom. The molecule has 6 nitrogen and oxygen atoms in total. The Hall–Kier alpha value is -2.93. The van der Waals surface area contributed by atoms with Gasteiger partial charge in [-0.1, -0.05) is 34.1 Å². The van der Waals surface area contributed by atoms with Gasteiger partial charge in [-0.05, 0) is 24.3 Å². The maximum atomic E-state index is 12.6. The molecule has 0 atom stereocenters. The molecule has 0 bridgehead atoms. The molecule has 0 spiro atoms. The van der Waals surface area contributed by atoms with Crippen LogP contribution in [0.4, 0.5) is 0 Å². The fraction of sp³-hybridized carbons (Fsp3) is 0. The number of benzene rings is 2. The molecule has 0 fully saturated rings. The summed E-state index contributed by atoms with van der Waals surface area (Å²) in [6.07, 6.45) is 2.79. The summed E-state index contributed by atoms with van der Waals surface area (Å²) >= 11 is 3.33. The number of aromatic hydroxyl groups is 1. The lowest BCUT2D eigenvalue weighted by Crippen LogP contribution is -2.17. The molecule has 7 heteroatoms. The topological polar surface area (TPSA) is 83.3 Å². The zero-order valence-corrected chi connectivity index (χ0v) is 13.9. The number of aromatic nitrogens is 3. The lowest BCUT2D eigenvalue weighted by atomic mass is 10.2. The van der Waals surface area contributed by atoms with Crippen LogP contribution in [0.15, 0.2) is 63.2 Å². The highest BCUT2D eigenvalue weighted by molar-refractivity contribution is 9.10. The van der Waals surface area contributed by atoms with Gasteiger partial charge in [-0.15, -0.1) is 0 Å². The van der Waals surface area contributed by atoms with Gasteiger partial charge in [-0.2, -0.15) is 9.78 Å². The molecule has 4 aromatic rings. The Bertz CT molecular complexity index is 1160. The second-order valence-electron chi connectivity index (χ2n) is 5.24. The Morgan fingerprint density at radius 1 is 1.25 bits per heavy atom. The lowest BCUT2D eigenvalue weighted by Gasteiger charge is -2.00. The van der Waals surface area contributed by atoms with Crippen molar-refractivity contribution in [1.29, 1.82) is 0 Å². The molecule has 0 saturated carbocycles. The van der Waals surface area contributed by atoms with Crippen molar-refractivity contribution in [3.05, 3.63) is 69.2 Å². The number of hydrogen-bond acceptors (Lipinski definition) is 4. The average Bonchev–Trinajstić information content (AvgIpc) is 2.97. The predicted molar refractivity (Wildman–Crippen MR) is 96.7 cm³/mol. The number of phenols is 1.